The van der Waals surface area contributed by atoms with Gasteiger partial charge in [0.15, 0.2) is 0 Å². The van der Waals surface area contributed by atoms with E-state index in [1.54, 1.807) is 0 Å². The summed E-state index contributed by atoms with van der Waals surface area (Å²) >= 11 is 3.83. The third-order valence-electron chi connectivity index (χ3n) is 21.0. The number of benzene rings is 13. The molecule has 6 heteroatoms. The van der Waals surface area contributed by atoms with Gasteiger partial charge >= 0.3 is 0 Å². The van der Waals surface area contributed by atoms with Crippen LogP contribution in [-0.4, -0.2) is 18.3 Å². The number of para-hydroxylation sites is 5. The van der Waals surface area contributed by atoms with Crippen LogP contribution in [0.2, 0.25) is 0 Å². The Kier molecular flexibility index (Phi) is 11.8. The summed E-state index contributed by atoms with van der Waals surface area (Å²) in [5.74, 6) is 0.449. The van der Waals surface area contributed by atoms with Crippen LogP contribution in [0.5, 0.6) is 0 Å². The predicted molar refractivity (Wildman–Crippen MR) is 412 cm³/mol. The van der Waals surface area contributed by atoms with E-state index in [0.717, 1.165) is 12.8 Å². The number of thiophene rings is 2. The molecule has 6 heterocycles. The van der Waals surface area contributed by atoms with Crippen molar-refractivity contribution in [2.75, 3.05) is 0 Å². The van der Waals surface area contributed by atoms with Crippen LogP contribution in [0.25, 0.3) is 167 Å². The molecule has 0 saturated carbocycles. The normalized spacial score (nSPS) is 15.2. The van der Waals surface area contributed by atoms with E-state index in [1.165, 1.54) is 184 Å². The highest BCUT2D eigenvalue weighted by atomic mass is 32.1. The Balaban J connectivity index is 0.596. The fraction of sp³-hybridized carbons (Fsp3) is 0.0444. The molecule has 96 heavy (non-hydrogen) atoms. The monoisotopic (exact) mass is 1260 g/mol. The van der Waals surface area contributed by atoms with Crippen LogP contribution in [0.15, 0.2) is 316 Å². The third kappa shape index (κ3) is 8.07. The molecule has 0 amide bonds. The molecule has 4 nitrogen and oxygen atoms in total. The van der Waals surface area contributed by atoms with Crippen LogP contribution in [0.4, 0.5) is 0 Å². The Bertz CT molecular complexity index is 6620. The van der Waals surface area contributed by atoms with E-state index < -0.39 is 0 Å². The molecule has 21 rings (SSSR count). The number of hydrogen-bond acceptors (Lipinski definition) is 2. The first-order valence-electron chi connectivity index (χ1n) is 33.4. The maximum absolute atomic E-state index is 2.53. The zero-order valence-electron chi connectivity index (χ0n) is 52.2. The maximum atomic E-state index is 2.53. The summed E-state index contributed by atoms with van der Waals surface area (Å²) in [6, 6.07) is 105. The average Bonchev–Trinajstić information content (AvgIpc) is 1.59. The number of allylic oxidation sites excluding steroid dienone is 8. The summed E-state index contributed by atoms with van der Waals surface area (Å²) in [6.45, 7) is 0. The van der Waals surface area contributed by atoms with E-state index in [2.05, 4.69) is 334 Å². The number of aromatic nitrogens is 4. The molecule has 0 spiro atoms. The Hall–Kier alpha value is -11.5. The van der Waals surface area contributed by atoms with Gasteiger partial charge in [-0.05, 0) is 155 Å². The molecule has 13 aromatic carbocycles. The molecular formula is C90H58N4S2. The second-order valence-electron chi connectivity index (χ2n) is 26.2. The molecule has 0 fully saturated rings. The molecule has 0 bridgehead atoms. The van der Waals surface area contributed by atoms with E-state index in [0.29, 0.717) is 0 Å². The van der Waals surface area contributed by atoms with E-state index in [-0.39, 0.29) is 11.8 Å². The van der Waals surface area contributed by atoms with Gasteiger partial charge in [0.25, 0.3) is 0 Å². The number of nitrogens with zero attached hydrogens (tertiary/aromatic N) is 4. The van der Waals surface area contributed by atoms with Crippen LogP contribution < -0.4 is 0 Å². The summed E-state index contributed by atoms with van der Waals surface area (Å²) in [6.07, 6.45) is 16.4. The fourth-order valence-corrected chi connectivity index (χ4v) is 19.1. The van der Waals surface area contributed by atoms with Gasteiger partial charge in [0, 0.05) is 108 Å². The van der Waals surface area contributed by atoms with Gasteiger partial charge in [-0.3, -0.25) is 0 Å². The van der Waals surface area contributed by atoms with Crippen molar-refractivity contribution in [2.24, 2.45) is 0 Å². The van der Waals surface area contributed by atoms with Gasteiger partial charge in [0.05, 0.1) is 54.5 Å². The van der Waals surface area contributed by atoms with E-state index in [4.69, 9.17) is 0 Å². The minimum atomic E-state index is 0.223. The summed E-state index contributed by atoms with van der Waals surface area (Å²) < 4.78 is 15.2. The molecule has 2 aliphatic rings. The van der Waals surface area contributed by atoms with E-state index >= 15 is 0 Å². The number of hydrogen-bond donors (Lipinski definition) is 0. The van der Waals surface area contributed by atoms with Crippen molar-refractivity contribution in [2.45, 2.75) is 24.7 Å². The topological polar surface area (TPSA) is 19.7 Å². The molecule has 450 valence electrons. The minimum Gasteiger partial charge on any atom is -0.310 e. The Labute approximate surface area is 561 Å². The molecule has 2 aliphatic carbocycles. The van der Waals surface area contributed by atoms with Crippen LogP contribution in [0.1, 0.15) is 41.4 Å². The smallest absolute Gasteiger partial charge is 0.0640 e. The van der Waals surface area contributed by atoms with Gasteiger partial charge < -0.3 is 18.3 Å². The molecule has 0 N–H and O–H groups in total. The van der Waals surface area contributed by atoms with Crippen molar-refractivity contribution in [3.05, 3.63) is 332 Å². The second-order valence-corrected chi connectivity index (χ2v) is 28.3. The Morgan fingerprint density at radius 1 is 0.281 bits per heavy atom. The highest BCUT2D eigenvalue weighted by molar-refractivity contribution is 7.26. The van der Waals surface area contributed by atoms with Crippen molar-refractivity contribution < 1.29 is 0 Å². The first-order chi connectivity index (χ1) is 47.6. The predicted octanol–water partition coefficient (Wildman–Crippen LogP) is 25.2. The SMILES string of the molecule is C1=CC(c2cccc3c2sc2cc(C4C=C(n5c6ccccc6c6cc(-c7ccc8c(c7)c7ccccc7n8-c7cccc8c7sc7ccccc78)ccc65)C=CC4)ccc23)=CC(c2cccc(-n3c4ccccc4c4cc(-n5c6ccccc6c6ccccc65)ccc43)c2)C1. The largest absolute Gasteiger partial charge is 0.310 e. The molecule has 0 aliphatic heterocycles. The highest BCUT2D eigenvalue weighted by Crippen LogP contribution is 2.47. The van der Waals surface area contributed by atoms with Gasteiger partial charge in [0.1, 0.15) is 0 Å². The summed E-state index contributed by atoms with van der Waals surface area (Å²) in [5, 5.41) is 15.4. The van der Waals surface area contributed by atoms with Crippen LogP contribution in [-0.2, 0) is 0 Å². The lowest BCUT2D eigenvalue weighted by atomic mass is 9.87. The molecule has 2 unspecified atom stereocenters. The Morgan fingerprint density at radius 2 is 0.750 bits per heavy atom. The zero-order chi connectivity index (χ0) is 62.7. The minimum absolute atomic E-state index is 0.223. The van der Waals surface area contributed by atoms with E-state index in [9.17, 15) is 0 Å². The molecular weight excluding hydrogens is 1200 g/mol. The lowest BCUT2D eigenvalue weighted by Gasteiger charge is -2.19. The Morgan fingerprint density at radius 3 is 1.44 bits per heavy atom. The van der Waals surface area contributed by atoms with E-state index in [1.807, 2.05) is 22.7 Å². The van der Waals surface area contributed by atoms with Crippen LogP contribution >= 0.6 is 22.7 Å². The first-order valence-corrected chi connectivity index (χ1v) is 35.1. The van der Waals surface area contributed by atoms with Gasteiger partial charge in [-0.1, -0.05) is 206 Å². The second kappa shape index (κ2) is 21.0. The third-order valence-corrected chi connectivity index (χ3v) is 23.4. The lowest BCUT2D eigenvalue weighted by Crippen LogP contribution is -2.03. The van der Waals surface area contributed by atoms with Gasteiger partial charge in [0.2, 0.25) is 0 Å². The summed E-state index contributed by atoms with van der Waals surface area (Å²) in [5.41, 5.74) is 22.2. The number of fused-ring (bicyclic) bond motifs is 18. The zero-order valence-corrected chi connectivity index (χ0v) is 53.8. The van der Waals surface area contributed by atoms with Crippen molar-refractivity contribution in [3.8, 4) is 28.2 Å². The maximum Gasteiger partial charge on any atom is 0.0640 e. The quantitative estimate of drug-likeness (QED) is 0.144. The fourth-order valence-electron chi connectivity index (χ4n) is 16.6. The lowest BCUT2D eigenvalue weighted by molar-refractivity contribution is 0.851. The summed E-state index contributed by atoms with van der Waals surface area (Å²) in [7, 11) is 0. The standard InChI is InChI=1S/C90H58N4S2/c1-7-33-78-66(24-1)67-25-2-8-34-79(67)93(78)64-43-47-84-77(54-64)70-28-4-10-36-81(70)92(84)62-22-14-19-56(49-62)55-18-13-21-61(48-55)65-30-16-31-73-72-44-40-60(53-88(72)96-89(65)73)57-20-15-23-63(50-57)91-80-35-9-3-26-68(80)75-51-58(41-45-83(75)91)59-42-46-85-76(52-59)69-27-5-11-37-82(69)94(85)86-38-17-32-74-71-29-6-12-39-87(71)95-90(74)86/h1-17,19,21-55,57H,18,20H2. The molecule has 0 saturated heterocycles. The molecule has 2 atom stereocenters. The molecule has 0 radical (unpaired) electrons. The van der Waals surface area contributed by atoms with Crippen LogP contribution in [0, 0.1) is 0 Å². The highest BCUT2D eigenvalue weighted by Gasteiger charge is 2.24. The van der Waals surface area contributed by atoms with Crippen molar-refractivity contribution >= 4 is 162 Å². The summed E-state index contributed by atoms with van der Waals surface area (Å²) in [4.78, 5) is 0. The average molecular weight is 1260 g/mol. The first kappa shape index (κ1) is 53.9. The van der Waals surface area contributed by atoms with Crippen molar-refractivity contribution in [3.63, 3.8) is 0 Å². The van der Waals surface area contributed by atoms with Gasteiger partial charge in [-0.2, -0.15) is 0 Å². The van der Waals surface area contributed by atoms with Crippen LogP contribution in [0.3, 0.4) is 0 Å². The van der Waals surface area contributed by atoms with Crippen molar-refractivity contribution in [1.29, 1.82) is 0 Å². The number of rotatable bonds is 8. The molecule has 6 aromatic heterocycles. The molecule has 19 aromatic rings. The van der Waals surface area contributed by atoms with Gasteiger partial charge in [-0.25, -0.2) is 0 Å². The van der Waals surface area contributed by atoms with Crippen molar-refractivity contribution in [1.82, 2.24) is 18.3 Å². The van der Waals surface area contributed by atoms with Gasteiger partial charge in [-0.15, -0.1) is 22.7 Å².